The highest BCUT2D eigenvalue weighted by atomic mass is 35.5. The van der Waals surface area contributed by atoms with Crippen LogP contribution >= 0.6 is 12.4 Å². The SMILES string of the molecule is CCC(C)C(N)C(=O)N1CCCC(C)(c2ccccc2)C1.Cl. The van der Waals surface area contributed by atoms with Crippen LogP contribution in [0, 0.1) is 5.92 Å². The van der Waals surface area contributed by atoms with Gasteiger partial charge in [0.15, 0.2) is 0 Å². The van der Waals surface area contributed by atoms with Crippen LogP contribution in [0.2, 0.25) is 0 Å². The minimum atomic E-state index is -0.367. The molecule has 22 heavy (non-hydrogen) atoms. The largest absolute Gasteiger partial charge is 0.340 e. The molecule has 2 N–H and O–H groups in total. The molecular formula is C18H29ClN2O. The average Bonchev–Trinajstić information content (AvgIpc) is 2.53. The molecule has 2 rings (SSSR count). The fourth-order valence-corrected chi connectivity index (χ4v) is 3.21. The number of nitrogens with zero attached hydrogens (tertiary/aromatic N) is 1. The first-order valence-electron chi connectivity index (χ1n) is 8.08. The summed E-state index contributed by atoms with van der Waals surface area (Å²) in [6.07, 6.45) is 3.11. The normalized spacial score (nSPS) is 24.3. The molecule has 0 bridgehead atoms. The average molecular weight is 325 g/mol. The van der Waals surface area contributed by atoms with Crippen molar-refractivity contribution in [3.8, 4) is 0 Å². The van der Waals surface area contributed by atoms with E-state index in [9.17, 15) is 4.79 Å². The smallest absolute Gasteiger partial charge is 0.239 e. The van der Waals surface area contributed by atoms with Crippen LogP contribution in [0.1, 0.15) is 45.6 Å². The summed E-state index contributed by atoms with van der Waals surface area (Å²) in [5.41, 5.74) is 7.50. The highest BCUT2D eigenvalue weighted by Gasteiger charge is 2.36. The molecule has 0 spiro atoms. The van der Waals surface area contributed by atoms with Crippen molar-refractivity contribution in [3.05, 3.63) is 35.9 Å². The van der Waals surface area contributed by atoms with E-state index in [2.05, 4.69) is 45.0 Å². The third-order valence-corrected chi connectivity index (χ3v) is 5.02. The lowest BCUT2D eigenvalue weighted by atomic mass is 9.75. The van der Waals surface area contributed by atoms with Crippen molar-refractivity contribution >= 4 is 18.3 Å². The van der Waals surface area contributed by atoms with Gasteiger partial charge in [-0.15, -0.1) is 12.4 Å². The van der Waals surface area contributed by atoms with Crippen molar-refractivity contribution in [2.45, 2.75) is 51.5 Å². The van der Waals surface area contributed by atoms with E-state index in [4.69, 9.17) is 5.73 Å². The number of benzene rings is 1. The summed E-state index contributed by atoms with van der Waals surface area (Å²) in [7, 11) is 0. The lowest BCUT2D eigenvalue weighted by Crippen LogP contribution is -2.53. The van der Waals surface area contributed by atoms with E-state index in [0.717, 1.165) is 32.4 Å². The Bertz CT molecular complexity index is 479. The van der Waals surface area contributed by atoms with Crippen molar-refractivity contribution in [3.63, 3.8) is 0 Å². The van der Waals surface area contributed by atoms with Gasteiger partial charge in [0, 0.05) is 18.5 Å². The maximum atomic E-state index is 12.6. The van der Waals surface area contributed by atoms with Gasteiger partial charge in [0.1, 0.15) is 0 Å². The summed E-state index contributed by atoms with van der Waals surface area (Å²) in [6, 6.07) is 10.2. The molecule has 3 atom stereocenters. The molecule has 1 aromatic rings. The molecule has 1 aromatic carbocycles. The first-order valence-corrected chi connectivity index (χ1v) is 8.08. The fourth-order valence-electron chi connectivity index (χ4n) is 3.21. The van der Waals surface area contributed by atoms with Crippen LogP contribution in [-0.2, 0) is 10.2 Å². The molecule has 124 valence electrons. The number of halogens is 1. The second-order valence-corrected chi connectivity index (χ2v) is 6.70. The minimum Gasteiger partial charge on any atom is -0.340 e. The molecule has 1 saturated heterocycles. The van der Waals surface area contributed by atoms with E-state index < -0.39 is 0 Å². The lowest BCUT2D eigenvalue weighted by molar-refractivity contribution is -0.135. The Hall–Kier alpha value is -1.06. The molecule has 0 aromatic heterocycles. The van der Waals surface area contributed by atoms with Gasteiger partial charge in [0.25, 0.3) is 0 Å². The van der Waals surface area contributed by atoms with Gasteiger partial charge in [-0.3, -0.25) is 4.79 Å². The van der Waals surface area contributed by atoms with Gasteiger partial charge >= 0.3 is 0 Å². The van der Waals surface area contributed by atoms with E-state index in [1.165, 1.54) is 5.56 Å². The topological polar surface area (TPSA) is 46.3 Å². The number of carbonyl (C=O) groups is 1. The molecule has 0 aliphatic carbocycles. The predicted octanol–water partition coefficient (Wildman–Crippen LogP) is 3.36. The third kappa shape index (κ3) is 4.02. The number of hydrogen-bond donors (Lipinski definition) is 1. The summed E-state index contributed by atoms with van der Waals surface area (Å²) in [4.78, 5) is 14.6. The number of piperidine rings is 1. The summed E-state index contributed by atoms with van der Waals surface area (Å²) in [5, 5.41) is 0. The number of nitrogens with two attached hydrogens (primary N) is 1. The molecule has 1 fully saturated rings. The quantitative estimate of drug-likeness (QED) is 0.923. The molecule has 3 nitrogen and oxygen atoms in total. The van der Waals surface area contributed by atoms with Crippen molar-refractivity contribution < 1.29 is 4.79 Å². The Morgan fingerprint density at radius 2 is 2.00 bits per heavy atom. The first-order chi connectivity index (χ1) is 9.98. The Labute approximate surface area is 140 Å². The monoisotopic (exact) mass is 324 g/mol. The van der Waals surface area contributed by atoms with E-state index in [0.29, 0.717) is 0 Å². The van der Waals surface area contributed by atoms with E-state index >= 15 is 0 Å². The highest BCUT2D eigenvalue weighted by molar-refractivity contribution is 5.85. The zero-order chi connectivity index (χ0) is 15.5. The Morgan fingerprint density at radius 1 is 1.36 bits per heavy atom. The Kier molecular flexibility index (Phi) is 6.89. The van der Waals surface area contributed by atoms with Crippen LogP contribution in [0.3, 0.4) is 0 Å². The second-order valence-electron chi connectivity index (χ2n) is 6.70. The van der Waals surface area contributed by atoms with Gasteiger partial charge in [-0.1, -0.05) is 57.5 Å². The van der Waals surface area contributed by atoms with Gasteiger partial charge in [0.05, 0.1) is 6.04 Å². The number of hydrogen-bond acceptors (Lipinski definition) is 2. The summed E-state index contributed by atoms with van der Waals surface area (Å²) in [5.74, 6) is 0.355. The standard InChI is InChI=1S/C18H28N2O.ClH/c1-4-14(2)16(19)17(21)20-12-8-11-18(3,13-20)15-9-6-5-7-10-15;/h5-7,9-10,14,16H,4,8,11-13,19H2,1-3H3;1H. The Balaban J connectivity index is 0.00000242. The van der Waals surface area contributed by atoms with E-state index in [1.54, 1.807) is 0 Å². The second kappa shape index (κ2) is 7.98. The van der Waals surface area contributed by atoms with Crippen LogP contribution in [-0.4, -0.2) is 29.9 Å². The molecule has 1 aliphatic rings. The molecule has 1 heterocycles. The number of likely N-dealkylation sites (tertiary alicyclic amines) is 1. The summed E-state index contributed by atoms with van der Waals surface area (Å²) >= 11 is 0. The third-order valence-electron chi connectivity index (χ3n) is 5.02. The van der Waals surface area contributed by atoms with Gasteiger partial charge in [-0.05, 0) is 24.3 Å². The molecule has 0 radical (unpaired) electrons. The summed E-state index contributed by atoms with van der Waals surface area (Å²) in [6.45, 7) is 8.02. The molecule has 1 amide bonds. The number of rotatable bonds is 4. The molecule has 3 unspecified atom stereocenters. The molecule has 0 saturated carbocycles. The van der Waals surface area contributed by atoms with Crippen molar-refractivity contribution in [2.75, 3.05) is 13.1 Å². The van der Waals surface area contributed by atoms with Crippen LogP contribution < -0.4 is 5.73 Å². The molecular weight excluding hydrogens is 296 g/mol. The van der Waals surface area contributed by atoms with Crippen LogP contribution in [0.25, 0.3) is 0 Å². The van der Waals surface area contributed by atoms with E-state index in [-0.39, 0.29) is 35.7 Å². The zero-order valence-corrected chi connectivity index (χ0v) is 14.7. The van der Waals surface area contributed by atoms with Gasteiger partial charge < -0.3 is 10.6 Å². The zero-order valence-electron chi connectivity index (χ0n) is 13.9. The van der Waals surface area contributed by atoms with Crippen molar-refractivity contribution in [1.82, 2.24) is 4.90 Å². The van der Waals surface area contributed by atoms with Crippen LogP contribution in [0.5, 0.6) is 0 Å². The summed E-state index contributed by atoms with van der Waals surface area (Å²) < 4.78 is 0. The fraction of sp³-hybridized carbons (Fsp3) is 0.611. The Morgan fingerprint density at radius 3 is 2.59 bits per heavy atom. The van der Waals surface area contributed by atoms with Crippen molar-refractivity contribution in [1.29, 1.82) is 0 Å². The van der Waals surface area contributed by atoms with Gasteiger partial charge in [-0.25, -0.2) is 0 Å². The molecule has 4 heteroatoms. The van der Waals surface area contributed by atoms with Crippen molar-refractivity contribution in [2.24, 2.45) is 11.7 Å². The van der Waals surface area contributed by atoms with E-state index in [1.807, 2.05) is 11.0 Å². The lowest BCUT2D eigenvalue weighted by Gasteiger charge is -2.42. The number of amides is 1. The van der Waals surface area contributed by atoms with Gasteiger partial charge in [0.2, 0.25) is 5.91 Å². The molecule has 1 aliphatic heterocycles. The number of carbonyl (C=O) groups excluding carboxylic acids is 1. The minimum absolute atomic E-state index is 0. The van der Waals surface area contributed by atoms with Crippen LogP contribution in [0.4, 0.5) is 0 Å². The maximum absolute atomic E-state index is 12.6. The highest BCUT2D eigenvalue weighted by Crippen LogP contribution is 2.33. The van der Waals surface area contributed by atoms with Crippen LogP contribution in [0.15, 0.2) is 30.3 Å². The predicted molar refractivity (Wildman–Crippen MR) is 94.3 cm³/mol. The first kappa shape index (κ1) is 19.0. The van der Waals surface area contributed by atoms with Gasteiger partial charge in [-0.2, -0.15) is 0 Å². The maximum Gasteiger partial charge on any atom is 0.239 e.